The van der Waals surface area contributed by atoms with E-state index < -0.39 is 0 Å². The number of hydrogen-bond acceptors (Lipinski definition) is 3. The van der Waals surface area contributed by atoms with E-state index in [2.05, 4.69) is 23.7 Å². The van der Waals surface area contributed by atoms with Gasteiger partial charge in [-0.1, -0.05) is 18.7 Å². The molecule has 0 bridgehead atoms. The van der Waals surface area contributed by atoms with E-state index in [1.165, 1.54) is 28.7 Å². The normalized spacial score (nSPS) is 22.8. The summed E-state index contributed by atoms with van der Waals surface area (Å²) in [5, 5.41) is 1.23. The fraction of sp³-hybridized carbons (Fsp3) is 0.667. The summed E-state index contributed by atoms with van der Waals surface area (Å²) in [6.45, 7) is 6.61. The van der Waals surface area contributed by atoms with Crippen molar-refractivity contribution >= 4 is 16.9 Å². The maximum atomic E-state index is 4.50. The molecule has 0 aliphatic carbocycles. The molecule has 0 saturated heterocycles. The fourth-order valence-corrected chi connectivity index (χ4v) is 2.86. The molecule has 0 saturated carbocycles. The van der Waals surface area contributed by atoms with Gasteiger partial charge in [-0.3, -0.25) is 4.99 Å². The van der Waals surface area contributed by atoms with Crippen LogP contribution in [0.25, 0.3) is 0 Å². The fourth-order valence-electron chi connectivity index (χ4n) is 1.75. The molecule has 2 nitrogen and oxygen atoms in total. The molecule has 2 aliphatic rings. The van der Waals surface area contributed by atoms with Gasteiger partial charge in [-0.25, -0.2) is 0 Å². The summed E-state index contributed by atoms with van der Waals surface area (Å²) in [4.78, 5) is 8.33. The lowest BCUT2D eigenvalue weighted by molar-refractivity contribution is 0.473. The van der Waals surface area contributed by atoms with Crippen LogP contribution in [-0.2, 0) is 0 Å². The smallest absolute Gasteiger partial charge is 0.168 e. The van der Waals surface area contributed by atoms with Crippen LogP contribution in [0.2, 0.25) is 0 Å². The molecule has 0 aromatic carbocycles. The molecule has 0 atom stereocenters. The van der Waals surface area contributed by atoms with Gasteiger partial charge in [0, 0.05) is 23.7 Å². The first kappa shape index (κ1) is 8.17. The molecule has 0 amide bonds. The number of rotatable bonds is 1. The Kier molecular flexibility index (Phi) is 2.13. The molecule has 0 N–H and O–H groups in total. The van der Waals surface area contributed by atoms with Gasteiger partial charge in [0.1, 0.15) is 0 Å². The monoisotopic (exact) mass is 182 g/mol. The zero-order valence-electron chi connectivity index (χ0n) is 7.63. The Balaban J connectivity index is 2.28. The van der Waals surface area contributed by atoms with E-state index in [1.54, 1.807) is 0 Å². The van der Waals surface area contributed by atoms with E-state index in [-0.39, 0.29) is 0 Å². The third-order valence-electron chi connectivity index (χ3n) is 2.33. The number of allylic oxidation sites excluding steroid dienone is 2. The van der Waals surface area contributed by atoms with Gasteiger partial charge >= 0.3 is 0 Å². The van der Waals surface area contributed by atoms with Gasteiger partial charge in [0.05, 0.1) is 0 Å². The zero-order chi connectivity index (χ0) is 8.55. The highest BCUT2D eigenvalue weighted by molar-refractivity contribution is 8.17. The second-order valence-corrected chi connectivity index (χ2v) is 4.31. The molecule has 2 aliphatic heterocycles. The summed E-state index contributed by atoms with van der Waals surface area (Å²) in [5.41, 5.74) is 1.48. The molecule has 3 heteroatoms. The summed E-state index contributed by atoms with van der Waals surface area (Å²) in [6, 6.07) is 0. The molecule has 12 heavy (non-hydrogen) atoms. The van der Waals surface area contributed by atoms with Gasteiger partial charge in [-0.05, 0) is 19.8 Å². The number of fused-ring (bicyclic) bond motifs is 1. The van der Waals surface area contributed by atoms with Crippen molar-refractivity contribution in [2.24, 2.45) is 4.99 Å². The average molecular weight is 182 g/mol. The Morgan fingerprint density at radius 3 is 3.17 bits per heavy atom. The van der Waals surface area contributed by atoms with Crippen LogP contribution in [0.15, 0.2) is 15.6 Å². The van der Waals surface area contributed by atoms with Crippen LogP contribution in [0, 0.1) is 0 Å². The molecule has 0 spiro atoms. The molecule has 0 fully saturated rings. The van der Waals surface area contributed by atoms with Gasteiger partial charge in [-0.2, -0.15) is 0 Å². The summed E-state index contributed by atoms with van der Waals surface area (Å²) in [5.74, 6) is 0. The maximum Gasteiger partial charge on any atom is 0.168 e. The van der Waals surface area contributed by atoms with Gasteiger partial charge in [0.25, 0.3) is 0 Å². The van der Waals surface area contributed by atoms with Gasteiger partial charge in [0.15, 0.2) is 5.17 Å². The van der Waals surface area contributed by atoms with Crippen LogP contribution in [-0.4, -0.2) is 23.2 Å². The SMILES string of the molecule is CCC1=C(C)SC2=NCCCN21. The van der Waals surface area contributed by atoms with Crippen molar-refractivity contribution in [3.63, 3.8) is 0 Å². The molecule has 0 radical (unpaired) electrons. The van der Waals surface area contributed by atoms with Crippen LogP contribution in [0.1, 0.15) is 26.7 Å². The lowest BCUT2D eigenvalue weighted by Gasteiger charge is -2.24. The maximum absolute atomic E-state index is 4.50. The predicted molar refractivity (Wildman–Crippen MR) is 54.2 cm³/mol. The predicted octanol–water partition coefficient (Wildman–Crippen LogP) is 2.44. The number of thioether (sulfide) groups is 1. The van der Waals surface area contributed by atoms with E-state index in [0.717, 1.165) is 13.0 Å². The Hall–Kier alpha value is -0.440. The molecule has 0 aromatic heterocycles. The van der Waals surface area contributed by atoms with Crippen molar-refractivity contribution in [1.82, 2.24) is 4.90 Å². The summed E-state index contributed by atoms with van der Waals surface area (Å²) in [6.07, 6.45) is 2.35. The molecule has 0 unspecified atom stereocenters. The van der Waals surface area contributed by atoms with Gasteiger partial charge in [0.2, 0.25) is 0 Å². The van der Waals surface area contributed by atoms with Crippen molar-refractivity contribution in [2.45, 2.75) is 26.7 Å². The zero-order valence-corrected chi connectivity index (χ0v) is 8.45. The molecule has 0 aromatic rings. The molecule has 2 heterocycles. The summed E-state index contributed by atoms with van der Waals surface area (Å²) in [7, 11) is 0. The summed E-state index contributed by atoms with van der Waals surface area (Å²) >= 11 is 1.84. The summed E-state index contributed by atoms with van der Waals surface area (Å²) < 4.78 is 0. The van der Waals surface area contributed by atoms with E-state index in [1.807, 2.05) is 11.8 Å². The molecular formula is C9H14N2S. The first-order chi connectivity index (χ1) is 5.83. The van der Waals surface area contributed by atoms with Crippen molar-refractivity contribution in [1.29, 1.82) is 0 Å². The van der Waals surface area contributed by atoms with E-state index in [9.17, 15) is 0 Å². The highest BCUT2D eigenvalue weighted by Gasteiger charge is 2.26. The first-order valence-corrected chi connectivity index (χ1v) is 5.34. The van der Waals surface area contributed by atoms with E-state index >= 15 is 0 Å². The van der Waals surface area contributed by atoms with Crippen LogP contribution in [0.3, 0.4) is 0 Å². The van der Waals surface area contributed by atoms with Crippen LogP contribution >= 0.6 is 11.8 Å². The van der Waals surface area contributed by atoms with Crippen LogP contribution < -0.4 is 0 Å². The third-order valence-corrected chi connectivity index (χ3v) is 3.40. The lowest BCUT2D eigenvalue weighted by atomic mass is 10.2. The second-order valence-electron chi connectivity index (χ2n) is 3.13. The third kappa shape index (κ3) is 1.16. The van der Waals surface area contributed by atoms with E-state index in [4.69, 9.17) is 0 Å². The Morgan fingerprint density at radius 1 is 1.58 bits per heavy atom. The van der Waals surface area contributed by atoms with Gasteiger partial charge in [-0.15, -0.1) is 0 Å². The van der Waals surface area contributed by atoms with Crippen molar-refractivity contribution in [3.8, 4) is 0 Å². The minimum atomic E-state index is 1.02. The van der Waals surface area contributed by atoms with Crippen molar-refractivity contribution in [2.75, 3.05) is 13.1 Å². The van der Waals surface area contributed by atoms with Gasteiger partial charge < -0.3 is 4.90 Å². The minimum absolute atomic E-state index is 1.02. The van der Waals surface area contributed by atoms with Crippen molar-refractivity contribution < 1.29 is 0 Å². The largest absolute Gasteiger partial charge is 0.324 e. The lowest BCUT2D eigenvalue weighted by Crippen LogP contribution is -2.29. The second kappa shape index (κ2) is 3.13. The Bertz CT molecular complexity index is 255. The quantitative estimate of drug-likeness (QED) is 0.619. The van der Waals surface area contributed by atoms with Crippen molar-refractivity contribution in [3.05, 3.63) is 10.6 Å². The first-order valence-electron chi connectivity index (χ1n) is 4.52. The number of aliphatic imine (C=N–C) groups is 1. The Morgan fingerprint density at radius 2 is 2.42 bits per heavy atom. The molecule has 2 rings (SSSR count). The topological polar surface area (TPSA) is 15.6 Å². The Labute approximate surface area is 77.7 Å². The highest BCUT2D eigenvalue weighted by atomic mass is 32.2. The number of hydrogen-bond donors (Lipinski definition) is 0. The van der Waals surface area contributed by atoms with E-state index in [0.29, 0.717) is 0 Å². The average Bonchev–Trinajstić information content (AvgIpc) is 2.40. The number of amidine groups is 1. The number of nitrogens with zero attached hydrogens (tertiary/aromatic N) is 2. The van der Waals surface area contributed by atoms with Crippen LogP contribution in [0.4, 0.5) is 0 Å². The van der Waals surface area contributed by atoms with Crippen LogP contribution in [0.5, 0.6) is 0 Å². The molecular weight excluding hydrogens is 168 g/mol. The minimum Gasteiger partial charge on any atom is -0.324 e. The molecule has 66 valence electrons. The highest BCUT2D eigenvalue weighted by Crippen LogP contribution is 2.36. The standard InChI is InChI=1S/C9H14N2S/c1-3-8-7(2)12-9-10-5-4-6-11(8)9/h3-6H2,1-2H3.